The van der Waals surface area contributed by atoms with Crippen LogP contribution in [0.25, 0.3) is 10.9 Å². The van der Waals surface area contributed by atoms with Crippen molar-refractivity contribution in [3.8, 4) is 11.5 Å². The minimum absolute atomic E-state index is 0.159. The normalized spacial score (nSPS) is 20.6. The van der Waals surface area contributed by atoms with Crippen LogP contribution >= 0.6 is 0 Å². The van der Waals surface area contributed by atoms with Gasteiger partial charge in [-0.3, -0.25) is 9.78 Å². The van der Waals surface area contributed by atoms with Gasteiger partial charge in [-0.1, -0.05) is 42.5 Å². The van der Waals surface area contributed by atoms with E-state index in [0.717, 1.165) is 56.9 Å². The Hall–Kier alpha value is -4.12. The van der Waals surface area contributed by atoms with Gasteiger partial charge in [0.05, 0.1) is 11.2 Å². The van der Waals surface area contributed by atoms with Gasteiger partial charge in [0.25, 0.3) is 0 Å². The van der Waals surface area contributed by atoms with Crippen LogP contribution in [0.15, 0.2) is 90.3 Å². The number of ketones is 1. The molecule has 3 aliphatic rings. The molecule has 0 saturated carbocycles. The van der Waals surface area contributed by atoms with E-state index in [-0.39, 0.29) is 24.4 Å². The third-order valence-corrected chi connectivity index (χ3v) is 7.20. The van der Waals surface area contributed by atoms with E-state index in [1.54, 1.807) is 0 Å². The minimum atomic E-state index is -0.172. The number of pyridine rings is 1. The predicted molar refractivity (Wildman–Crippen MR) is 130 cm³/mol. The predicted octanol–water partition coefficient (Wildman–Crippen LogP) is 5.92. The zero-order chi connectivity index (χ0) is 22.6. The zero-order valence-electron chi connectivity index (χ0n) is 18.5. The number of Topliss-reactive ketones (excluding diaryl/α,β-unsaturated/α-hetero) is 1. The molecule has 2 atom stereocenters. The lowest BCUT2D eigenvalue weighted by molar-refractivity contribution is -0.116. The molecule has 5 nitrogen and oxygen atoms in total. The van der Waals surface area contributed by atoms with Gasteiger partial charge < -0.3 is 14.8 Å². The van der Waals surface area contributed by atoms with E-state index in [1.807, 2.05) is 48.7 Å². The summed E-state index contributed by atoms with van der Waals surface area (Å²) in [5, 5.41) is 4.75. The summed E-state index contributed by atoms with van der Waals surface area (Å²) in [7, 11) is 0. The highest BCUT2D eigenvalue weighted by Crippen LogP contribution is 2.50. The van der Waals surface area contributed by atoms with Gasteiger partial charge in [-0.15, -0.1) is 0 Å². The Kier molecular flexibility index (Phi) is 4.24. The molecule has 0 spiro atoms. The van der Waals surface area contributed by atoms with Crippen LogP contribution in [0.2, 0.25) is 0 Å². The van der Waals surface area contributed by atoms with Crippen molar-refractivity contribution in [2.45, 2.75) is 24.7 Å². The highest BCUT2D eigenvalue weighted by Gasteiger charge is 2.39. The first-order valence-electron chi connectivity index (χ1n) is 11.6. The van der Waals surface area contributed by atoms with Crippen LogP contribution in [0.1, 0.15) is 41.4 Å². The highest BCUT2D eigenvalue weighted by atomic mass is 16.7. The number of carbonyl (C=O) groups excluding carboxylic acids is 1. The molecule has 2 aliphatic heterocycles. The van der Waals surface area contributed by atoms with Crippen LogP contribution in [-0.2, 0) is 4.79 Å². The van der Waals surface area contributed by atoms with Gasteiger partial charge in [0, 0.05) is 35.2 Å². The van der Waals surface area contributed by atoms with Crippen LogP contribution in [0, 0.1) is 0 Å². The number of nitrogens with zero attached hydrogens (tertiary/aromatic N) is 1. The lowest BCUT2D eigenvalue weighted by Crippen LogP contribution is -2.30. The maximum absolute atomic E-state index is 13.7. The number of nitrogens with one attached hydrogen (secondary N) is 1. The molecule has 0 radical (unpaired) electrons. The molecule has 0 unspecified atom stereocenters. The second-order valence-electron chi connectivity index (χ2n) is 9.10. The van der Waals surface area contributed by atoms with Crippen LogP contribution in [0.4, 0.5) is 5.69 Å². The van der Waals surface area contributed by atoms with E-state index in [2.05, 4.69) is 40.6 Å². The SMILES string of the molecule is O=C1C[C@@H](c2ccccc2)CC2=C1[C@H](c1ccc3c(c1)OCO3)c1ccc3ncccc3c1N2. The van der Waals surface area contributed by atoms with Gasteiger partial charge in [-0.05, 0) is 59.4 Å². The number of anilines is 1. The summed E-state index contributed by atoms with van der Waals surface area (Å²) in [6.07, 6.45) is 3.12. The lowest BCUT2D eigenvalue weighted by atomic mass is 9.71. The van der Waals surface area contributed by atoms with E-state index >= 15 is 0 Å². The third kappa shape index (κ3) is 2.93. The number of fused-ring (bicyclic) bond motifs is 4. The van der Waals surface area contributed by atoms with E-state index in [1.165, 1.54) is 5.56 Å². The summed E-state index contributed by atoms with van der Waals surface area (Å²) in [4.78, 5) is 18.3. The standard InChI is InChI=1S/C29H22N2O3/c32-24-14-19(17-5-2-1-3-6-17)13-23-28(24)27(18-8-11-25-26(15-18)34-16-33-25)21-9-10-22-20(29(21)31-23)7-4-12-30-22/h1-12,15,19,27,31H,13-14,16H2/t19-,27+/m0/s1. The number of hydrogen-bond acceptors (Lipinski definition) is 5. The molecule has 3 heterocycles. The fourth-order valence-electron chi connectivity index (χ4n) is 5.64. The molecule has 7 rings (SSSR count). The first-order chi connectivity index (χ1) is 16.8. The van der Waals surface area contributed by atoms with Gasteiger partial charge in [-0.25, -0.2) is 0 Å². The van der Waals surface area contributed by atoms with Crippen LogP contribution in [0.5, 0.6) is 11.5 Å². The van der Waals surface area contributed by atoms with E-state index in [4.69, 9.17) is 9.47 Å². The fraction of sp³-hybridized carbons (Fsp3) is 0.172. The van der Waals surface area contributed by atoms with Gasteiger partial charge in [0.2, 0.25) is 6.79 Å². The molecule has 3 aromatic carbocycles. The number of allylic oxidation sites excluding steroid dienone is 2. The Morgan fingerprint density at radius 2 is 1.74 bits per heavy atom. The van der Waals surface area contributed by atoms with E-state index < -0.39 is 0 Å². The highest BCUT2D eigenvalue weighted by molar-refractivity contribution is 6.04. The van der Waals surface area contributed by atoms with E-state index in [0.29, 0.717) is 6.42 Å². The summed E-state index contributed by atoms with van der Waals surface area (Å²) in [6.45, 7) is 0.226. The summed E-state index contributed by atoms with van der Waals surface area (Å²) in [5.41, 5.74) is 7.17. The molecular formula is C29H22N2O3. The summed E-state index contributed by atoms with van der Waals surface area (Å²) < 4.78 is 11.2. The topological polar surface area (TPSA) is 60.5 Å². The Morgan fingerprint density at radius 3 is 2.65 bits per heavy atom. The second kappa shape index (κ2) is 7.45. The summed E-state index contributed by atoms with van der Waals surface area (Å²) in [6, 6.07) is 24.6. The molecule has 4 aromatic rings. The molecule has 5 heteroatoms. The van der Waals surface area contributed by atoms with Crippen LogP contribution in [0.3, 0.4) is 0 Å². The average Bonchev–Trinajstić information content (AvgIpc) is 3.36. The van der Waals surface area contributed by atoms with Crippen molar-refractivity contribution in [2.24, 2.45) is 0 Å². The Labute approximate surface area is 197 Å². The monoisotopic (exact) mass is 446 g/mol. The van der Waals surface area contributed by atoms with Crippen LogP contribution < -0.4 is 14.8 Å². The quantitative estimate of drug-likeness (QED) is 0.414. The van der Waals surface area contributed by atoms with Gasteiger partial charge in [0.15, 0.2) is 17.3 Å². The fourth-order valence-corrected chi connectivity index (χ4v) is 5.64. The molecule has 0 bridgehead atoms. The van der Waals surface area contributed by atoms with Crippen LogP contribution in [-0.4, -0.2) is 17.6 Å². The van der Waals surface area contributed by atoms with Gasteiger partial charge in [-0.2, -0.15) is 0 Å². The number of aromatic nitrogens is 1. The first-order valence-corrected chi connectivity index (χ1v) is 11.6. The molecular weight excluding hydrogens is 424 g/mol. The van der Waals surface area contributed by atoms with Crippen molar-refractivity contribution in [1.82, 2.24) is 4.98 Å². The third-order valence-electron chi connectivity index (χ3n) is 7.20. The Balaban J connectivity index is 1.42. The lowest BCUT2D eigenvalue weighted by Gasteiger charge is -2.37. The van der Waals surface area contributed by atoms with E-state index in [9.17, 15) is 4.79 Å². The van der Waals surface area contributed by atoms with Crippen molar-refractivity contribution < 1.29 is 14.3 Å². The molecule has 1 aliphatic carbocycles. The largest absolute Gasteiger partial charge is 0.454 e. The number of hydrogen-bond donors (Lipinski definition) is 1. The minimum Gasteiger partial charge on any atom is -0.454 e. The maximum Gasteiger partial charge on any atom is 0.231 e. The first kappa shape index (κ1) is 19.4. The number of benzene rings is 3. The van der Waals surface area contributed by atoms with Crippen molar-refractivity contribution >= 4 is 22.4 Å². The molecule has 166 valence electrons. The molecule has 0 saturated heterocycles. The number of ether oxygens (including phenoxy) is 2. The molecule has 34 heavy (non-hydrogen) atoms. The molecule has 0 amide bonds. The van der Waals surface area contributed by atoms with Gasteiger partial charge >= 0.3 is 0 Å². The number of rotatable bonds is 2. The zero-order valence-corrected chi connectivity index (χ0v) is 18.5. The van der Waals surface area contributed by atoms with Crippen molar-refractivity contribution in [1.29, 1.82) is 0 Å². The van der Waals surface area contributed by atoms with Crippen molar-refractivity contribution in [2.75, 3.05) is 12.1 Å². The van der Waals surface area contributed by atoms with Crippen molar-refractivity contribution in [3.05, 3.63) is 107 Å². The summed E-state index contributed by atoms with van der Waals surface area (Å²) >= 11 is 0. The number of carbonyl (C=O) groups is 1. The molecule has 1 N–H and O–H groups in total. The summed E-state index contributed by atoms with van der Waals surface area (Å²) in [5.74, 6) is 1.66. The Bertz CT molecular complexity index is 1490. The molecule has 1 aromatic heterocycles. The average molecular weight is 447 g/mol. The molecule has 0 fully saturated rings. The van der Waals surface area contributed by atoms with Gasteiger partial charge in [0.1, 0.15) is 0 Å². The smallest absolute Gasteiger partial charge is 0.231 e. The Morgan fingerprint density at radius 1 is 0.853 bits per heavy atom. The van der Waals surface area contributed by atoms with Crippen molar-refractivity contribution in [3.63, 3.8) is 0 Å². The maximum atomic E-state index is 13.7. The second-order valence-corrected chi connectivity index (χ2v) is 9.10.